The fourth-order valence-electron chi connectivity index (χ4n) is 5.97. The van der Waals surface area contributed by atoms with E-state index in [1.807, 2.05) is 24.3 Å². The zero-order chi connectivity index (χ0) is 19.4. The van der Waals surface area contributed by atoms with Gasteiger partial charge < -0.3 is 10.0 Å². The SMILES string of the molecule is Cc1cc(C)cc(C(=O)N2C[C@@H](c3cccc(O)c3)[C@@H]3[C@H]2C2CCN3CC2)c1. The van der Waals surface area contributed by atoms with Crippen molar-refractivity contribution < 1.29 is 9.90 Å². The van der Waals surface area contributed by atoms with Crippen LogP contribution < -0.4 is 0 Å². The molecule has 0 saturated carbocycles. The predicted molar refractivity (Wildman–Crippen MR) is 110 cm³/mol. The van der Waals surface area contributed by atoms with Crippen LogP contribution in [0.4, 0.5) is 0 Å². The molecule has 4 aliphatic rings. The van der Waals surface area contributed by atoms with E-state index < -0.39 is 0 Å². The van der Waals surface area contributed by atoms with Crippen molar-refractivity contribution in [3.05, 3.63) is 64.7 Å². The van der Waals surface area contributed by atoms with Crippen molar-refractivity contribution in [2.45, 2.75) is 44.7 Å². The van der Waals surface area contributed by atoms with Gasteiger partial charge in [-0.2, -0.15) is 0 Å². The van der Waals surface area contributed by atoms with Crippen LogP contribution in [0, 0.1) is 19.8 Å². The number of benzene rings is 2. The summed E-state index contributed by atoms with van der Waals surface area (Å²) in [5.41, 5.74) is 4.23. The Morgan fingerprint density at radius 3 is 2.39 bits per heavy atom. The number of nitrogens with zero attached hydrogens (tertiary/aromatic N) is 2. The number of carbonyl (C=O) groups excluding carboxylic acids is 1. The second-order valence-electron chi connectivity index (χ2n) is 8.89. The van der Waals surface area contributed by atoms with E-state index in [-0.39, 0.29) is 17.9 Å². The maximum Gasteiger partial charge on any atom is 0.254 e. The number of carbonyl (C=O) groups is 1. The highest BCUT2D eigenvalue weighted by Gasteiger charge is 2.54. The molecule has 146 valence electrons. The van der Waals surface area contributed by atoms with E-state index in [0.29, 0.717) is 17.7 Å². The summed E-state index contributed by atoms with van der Waals surface area (Å²) < 4.78 is 0. The topological polar surface area (TPSA) is 43.8 Å². The zero-order valence-electron chi connectivity index (χ0n) is 16.6. The van der Waals surface area contributed by atoms with E-state index in [2.05, 4.69) is 35.8 Å². The fraction of sp³-hybridized carbons (Fsp3) is 0.458. The highest BCUT2D eigenvalue weighted by Crippen LogP contribution is 2.47. The minimum absolute atomic E-state index is 0.165. The molecule has 1 N–H and O–H groups in total. The second kappa shape index (κ2) is 6.63. The van der Waals surface area contributed by atoms with Gasteiger partial charge in [0.25, 0.3) is 5.91 Å². The van der Waals surface area contributed by atoms with Gasteiger partial charge in [-0.15, -0.1) is 0 Å². The van der Waals surface area contributed by atoms with Crippen molar-refractivity contribution in [1.29, 1.82) is 0 Å². The van der Waals surface area contributed by atoms with E-state index in [4.69, 9.17) is 0 Å². The Hall–Kier alpha value is -2.33. The third-order valence-corrected chi connectivity index (χ3v) is 7.02. The van der Waals surface area contributed by atoms with Crippen LogP contribution in [0.1, 0.15) is 45.8 Å². The quantitative estimate of drug-likeness (QED) is 0.869. The number of amides is 1. The minimum Gasteiger partial charge on any atom is -0.508 e. The lowest BCUT2D eigenvalue weighted by Crippen LogP contribution is -2.60. The van der Waals surface area contributed by atoms with Gasteiger partial charge in [0.1, 0.15) is 5.75 Å². The first kappa shape index (κ1) is 17.7. The summed E-state index contributed by atoms with van der Waals surface area (Å²) in [5.74, 6) is 1.32. The summed E-state index contributed by atoms with van der Waals surface area (Å²) in [5, 5.41) is 10.0. The van der Waals surface area contributed by atoms with Crippen molar-refractivity contribution in [2.75, 3.05) is 19.6 Å². The molecule has 0 spiro atoms. The lowest BCUT2D eigenvalue weighted by atomic mass is 9.75. The maximum absolute atomic E-state index is 13.6. The summed E-state index contributed by atoms with van der Waals surface area (Å²) in [7, 11) is 0. The number of aryl methyl sites for hydroxylation is 2. The van der Waals surface area contributed by atoms with Gasteiger partial charge in [0.15, 0.2) is 0 Å². The summed E-state index contributed by atoms with van der Waals surface area (Å²) in [6, 6.07) is 14.4. The van der Waals surface area contributed by atoms with Crippen molar-refractivity contribution in [3.63, 3.8) is 0 Å². The molecule has 0 unspecified atom stereocenters. The number of likely N-dealkylation sites (tertiary alicyclic amines) is 1. The standard InChI is InChI=1S/C24H28N2O2/c1-15-10-16(2)12-19(11-15)24(28)26-14-21(18-4-3-5-20(27)13-18)23-22(26)17-6-8-25(23)9-7-17/h3-5,10-13,17,21-23,27H,6-9,14H2,1-2H3/t21-,22+,23+/m0/s1. The number of hydrogen-bond acceptors (Lipinski definition) is 3. The van der Waals surface area contributed by atoms with Gasteiger partial charge in [-0.1, -0.05) is 29.3 Å². The average Bonchev–Trinajstić information content (AvgIpc) is 3.10. The van der Waals surface area contributed by atoms with Crippen LogP contribution in [0.5, 0.6) is 5.75 Å². The van der Waals surface area contributed by atoms with Gasteiger partial charge in [0, 0.05) is 24.1 Å². The number of phenols is 1. The molecule has 0 aliphatic carbocycles. The first-order valence-electron chi connectivity index (χ1n) is 10.4. The molecule has 4 heterocycles. The minimum atomic E-state index is 0.165. The maximum atomic E-state index is 13.6. The van der Waals surface area contributed by atoms with Crippen LogP contribution >= 0.6 is 0 Å². The van der Waals surface area contributed by atoms with Crippen LogP contribution in [0.15, 0.2) is 42.5 Å². The Balaban J connectivity index is 1.54. The molecule has 4 saturated heterocycles. The fourth-order valence-corrected chi connectivity index (χ4v) is 5.97. The van der Waals surface area contributed by atoms with Gasteiger partial charge >= 0.3 is 0 Å². The van der Waals surface area contributed by atoms with E-state index in [1.165, 1.54) is 12.8 Å². The molecule has 2 aromatic carbocycles. The van der Waals surface area contributed by atoms with Gasteiger partial charge in [0.05, 0.1) is 6.04 Å². The number of aromatic hydroxyl groups is 1. The Kier molecular flexibility index (Phi) is 4.20. The zero-order valence-corrected chi connectivity index (χ0v) is 16.6. The first-order chi connectivity index (χ1) is 13.5. The molecular weight excluding hydrogens is 348 g/mol. The van der Waals surface area contributed by atoms with Crippen LogP contribution in [0.2, 0.25) is 0 Å². The number of rotatable bonds is 2. The molecule has 3 atom stereocenters. The third kappa shape index (κ3) is 2.82. The lowest BCUT2D eigenvalue weighted by molar-refractivity contribution is -0.00342. The largest absolute Gasteiger partial charge is 0.508 e. The van der Waals surface area contributed by atoms with Crippen LogP contribution in [0.3, 0.4) is 0 Å². The van der Waals surface area contributed by atoms with Crippen LogP contribution in [-0.2, 0) is 0 Å². The molecule has 1 amide bonds. The molecule has 4 heteroatoms. The molecule has 4 aliphatic heterocycles. The molecule has 4 nitrogen and oxygen atoms in total. The highest BCUT2D eigenvalue weighted by molar-refractivity contribution is 5.95. The van der Waals surface area contributed by atoms with Gasteiger partial charge in [0.2, 0.25) is 0 Å². The molecule has 2 aromatic rings. The second-order valence-corrected chi connectivity index (χ2v) is 8.89. The molecular formula is C24H28N2O2. The molecule has 4 fully saturated rings. The first-order valence-corrected chi connectivity index (χ1v) is 10.4. The van der Waals surface area contributed by atoms with Crippen molar-refractivity contribution >= 4 is 5.91 Å². The smallest absolute Gasteiger partial charge is 0.254 e. The summed E-state index contributed by atoms with van der Waals surface area (Å²) in [6.45, 7) is 7.11. The molecule has 2 bridgehead atoms. The molecule has 0 aromatic heterocycles. The van der Waals surface area contributed by atoms with Crippen molar-refractivity contribution in [3.8, 4) is 5.75 Å². The van der Waals surface area contributed by atoms with Crippen LogP contribution in [0.25, 0.3) is 0 Å². The number of fused-ring (bicyclic) bond motifs is 2. The normalized spacial score (nSPS) is 31.1. The van der Waals surface area contributed by atoms with E-state index >= 15 is 0 Å². The monoisotopic (exact) mass is 376 g/mol. The average molecular weight is 377 g/mol. The van der Waals surface area contributed by atoms with Gasteiger partial charge in [-0.05, 0) is 75.5 Å². The molecule has 28 heavy (non-hydrogen) atoms. The van der Waals surface area contributed by atoms with Crippen molar-refractivity contribution in [2.24, 2.45) is 5.92 Å². The van der Waals surface area contributed by atoms with E-state index in [1.54, 1.807) is 6.07 Å². The summed E-state index contributed by atoms with van der Waals surface area (Å²) in [4.78, 5) is 18.3. The molecule has 0 radical (unpaired) electrons. The Labute approximate surface area is 166 Å². The Bertz CT molecular complexity index is 896. The number of piperidine rings is 3. The Morgan fingerprint density at radius 1 is 1.00 bits per heavy atom. The summed E-state index contributed by atoms with van der Waals surface area (Å²) >= 11 is 0. The van der Waals surface area contributed by atoms with E-state index in [0.717, 1.165) is 41.9 Å². The molecule has 6 rings (SSSR count). The van der Waals surface area contributed by atoms with E-state index in [9.17, 15) is 9.90 Å². The highest BCUT2D eigenvalue weighted by atomic mass is 16.3. The summed E-state index contributed by atoms with van der Waals surface area (Å²) in [6.07, 6.45) is 2.37. The van der Waals surface area contributed by atoms with Gasteiger partial charge in [-0.3, -0.25) is 9.69 Å². The van der Waals surface area contributed by atoms with Crippen molar-refractivity contribution in [1.82, 2.24) is 9.80 Å². The van der Waals surface area contributed by atoms with Crippen LogP contribution in [-0.4, -0.2) is 52.5 Å². The lowest BCUT2D eigenvalue weighted by Gasteiger charge is -2.51. The Morgan fingerprint density at radius 2 is 1.71 bits per heavy atom. The van der Waals surface area contributed by atoms with Gasteiger partial charge in [-0.25, -0.2) is 0 Å². The number of hydrogen-bond donors (Lipinski definition) is 1. The predicted octanol–water partition coefficient (Wildman–Crippen LogP) is 3.71. The third-order valence-electron chi connectivity index (χ3n) is 7.02. The number of phenolic OH excluding ortho intramolecular Hbond substituents is 1.